The second kappa shape index (κ2) is 4.87. The molecular formula is C11H11NO3S2. The van der Waals surface area contributed by atoms with Crippen molar-refractivity contribution >= 4 is 21.4 Å². The first-order valence-corrected chi connectivity index (χ1v) is 7.25. The quantitative estimate of drug-likeness (QED) is 0.891. The SMILES string of the molecule is O=S(=O)(NCc1cccs1)c1cccc(O)c1. The Balaban J connectivity index is 2.14. The lowest BCUT2D eigenvalue weighted by Gasteiger charge is -2.05. The van der Waals surface area contributed by atoms with E-state index in [0.717, 1.165) is 4.88 Å². The maximum absolute atomic E-state index is 11.9. The van der Waals surface area contributed by atoms with Crippen molar-refractivity contribution in [3.63, 3.8) is 0 Å². The molecule has 0 spiro atoms. The van der Waals surface area contributed by atoms with Gasteiger partial charge in [0.2, 0.25) is 10.0 Å². The summed E-state index contributed by atoms with van der Waals surface area (Å²) in [6, 6.07) is 9.30. The predicted octanol–water partition coefficient (Wildman–Crippen LogP) is 1.93. The molecule has 0 aliphatic heterocycles. The molecule has 2 aromatic rings. The Hall–Kier alpha value is -1.37. The number of phenolic OH excluding ortho intramolecular Hbond substituents is 1. The number of nitrogens with one attached hydrogen (secondary N) is 1. The molecule has 0 radical (unpaired) electrons. The molecule has 0 atom stereocenters. The monoisotopic (exact) mass is 269 g/mol. The van der Waals surface area contributed by atoms with E-state index < -0.39 is 10.0 Å². The van der Waals surface area contributed by atoms with Crippen LogP contribution in [0.4, 0.5) is 0 Å². The summed E-state index contributed by atoms with van der Waals surface area (Å²) in [4.78, 5) is 1.00. The van der Waals surface area contributed by atoms with Crippen LogP contribution in [0.2, 0.25) is 0 Å². The highest BCUT2D eigenvalue weighted by Crippen LogP contribution is 2.16. The van der Waals surface area contributed by atoms with Crippen molar-refractivity contribution in [2.24, 2.45) is 0 Å². The number of sulfonamides is 1. The average molecular weight is 269 g/mol. The summed E-state index contributed by atoms with van der Waals surface area (Å²) in [7, 11) is -3.56. The molecule has 4 nitrogen and oxygen atoms in total. The smallest absolute Gasteiger partial charge is 0.241 e. The van der Waals surface area contributed by atoms with Crippen molar-refractivity contribution in [1.29, 1.82) is 0 Å². The molecule has 6 heteroatoms. The first kappa shape index (κ1) is 12.1. The van der Waals surface area contributed by atoms with Gasteiger partial charge in [0, 0.05) is 11.4 Å². The van der Waals surface area contributed by atoms with E-state index in [4.69, 9.17) is 0 Å². The van der Waals surface area contributed by atoms with E-state index in [2.05, 4.69) is 4.72 Å². The number of hydrogen-bond donors (Lipinski definition) is 2. The van der Waals surface area contributed by atoms with E-state index in [1.807, 2.05) is 17.5 Å². The highest BCUT2D eigenvalue weighted by Gasteiger charge is 2.14. The first-order valence-electron chi connectivity index (χ1n) is 4.89. The molecule has 1 heterocycles. The van der Waals surface area contributed by atoms with Gasteiger partial charge in [0.25, 0.3) is 0 Å². The van der Waals surface area contributed by atoms with Crippen LogP contribution in [-0.2, 0) is 16.6 Å². The topological polar surface area (TPSA) is 66.4 Å². The molecule has 0 saturated heterocycles. The van der Waals surface area contributed by atoms with E-state index in [1.54, 1.807) is 0 Å². The minimum atomic E-state index is -3.56. The van der Waals surface area contributed by atoms with Crippen molar-refractivity contribution in [3.05, 3.63) is 46.7 Å². The van der Waals surface area contributed by atoms with Gasteiger partial charge in [0.15, 0.2) is 0 Å². The molecule has 1 aromatic heterocycles. The number of hydrogen-bond acceptors (Lipinski definition) is 4. The minimum Gasteiger partial charge on any atom is -0.508 e. The van der Waals surface area contributed by atoms with Crippen molar-refractivity contribution in [2.45, 2.75) is 11.4 Å². The third-order valence-corrected chi connectivity index (χ3v) is 4.42. The molecular weight excluding hydrogens is 258 g/mol. The summed E-state index contributed by atoms with van der Waals surface area (Å²) < 4.78 is 26.2. The Morgan fingerprint density at radius 3 is 2.71 bits per heavy atom. The average Bonchev–Trinajstić information content (AvgIpc) is 2.79. The van der Waals surface area contributed by atoms with Gasteiger partial charge in [-0.15, -0.1) is 11.3 Å². The summed E-state index contributed by atoms with van der Waals surface area (Å²) in [5, 5.41) is 11.1. The van der Waals surface area contributed by atoms with Crippen molar-refractivity contribution in [1.82, 2.24) is 4.72 Å². The Kier molecular flexibility index (Phi) is 3.46. The zero-order valence-electron chi connectivity index (χ0n) is 8.83. The Labute approximate surface area is 104 Å². The molecule has 0 aliphatic carbocycles. The van der Waals surface area contributed by atoms with Gasteiger partial charge in [-0.3, -0.25) is 0 Å². The Morgan fingerprint density at radius 2 is 2.06 bits per heavy atom. The van der Waals surface area contributed by atoms with Crippen molar-refractivity contribution in [2.75, 3.05) is 0 Å². The molecule has 0 aliphatic rings. The third-order valence-electron chi connectivity index (χ3n) is 2.14. The Morgan fingerprint density at radius 1 is 1.24 bits per heavy atom. The van der Waals surface area contributed by atoms with E-state index >= 15 is 0 Å². The lowest BCUT2D eigenvalue weighted by molar-refractivity contribution is 0.473. The number of benzene rings is 1. The standard InChI is InChI=1S/C11H11NO3S2/c13-9-3-1-5-11(7-9)17(14,15)12-8-10-4-2-6-16-10/h1-7,12-13H,8H2. The van der Waals surface area contributed by atoms with Crippen LogP contribution < -0.4 is 4.72 Å². The maximum atomic E-state index is 11.9. The van der Waals surface area contributed by atoms with Crippen molar-refractivity contribution < 1.29 is 13.5 Å². The lowest BCUT2D eigenvalue weighted by atomic mass is 10.3. The van der Waals surface area contributed by atoms with Gasteiger partial charge < -0.3 is 5.11 Å². The van der Waals surface area contributed by atoms with Gasteiger partial charge >= 0.3 is 0 Å². The normalized spacial score (nSPS) is 11.5. The maximum Gasteiger partial charge on any atom is 0.241 e. The summed E-state index contributed by atoms with van der Waals surface area (Å²) in [5.41, 5.74) is 0. The fourth-order valence-electron chi connectivity index (χ4n) is 1.31. The van der Waals surface area contributed by atoms with Crippen LogP contribution in [0.5, 0.6) is 5.75 Å². The molecule has 90 valence electrons. The fraction of sp³-hybridized carbons (Fsp3) is 0.0909. The Bertz CT molecular complexity index is 591. The van der Waals surface area contributed by atoms with Crippen LogP contribution in [0.3, 0.4) is 0 Å². The molecule has 2 N–H and O–H groups in total. The number of phenols is 1. The van der Waals surface area contributed by atoms with Gasteiger partial charge in [-0.25, -0.2) is 13.1 Å². The highest BCUT2D eigenvalue weighted by atomic mass is 32.2. The van der Waals surface area contributed by atoms with Crippen LogP contribution in [0.25, 0.3) is 0 Å². The fourth-order valence-corrected chi connectivity index (χ4v) is 3.10. The zero-order valence-corrected chi connectivity index (χ0v) is 10.5. The summed E-state index contributed by atoms with van der Waals surface area (Å²) in [5.74, 6) is -0.0657. The molecule has 0 bridgehead atoms. The van der Waals surface area contributed by atoms with Gasteiger partial charge in [0.1, 0.15) is 5.75 Å². The molecule has 2 rings (SSSR count). The zero-order chi connectivity index (χ0) is 12.3. The molecule has 17 heavy (non-hydrogen) atoms. The molecule has 0 saturated carbocycles. The molecule has 0 fully saturated rings. The van der Waals surface area contributed by atoms with Crippen LogP contribution in [0.1, 0.15) is 4.88 Å². The van der Waals surface area contributed by atoms with E-state index in [0.29, 0.717) is 0 Å². The van der Waals surface area contributed by atoms with E-state index in [-0.39, 0.29) is 17.2 Å². The van der Waals surface area contributed by atoms with Gasteiger partial charge in [-0.2, -0.15) is 0 Å². The van der Waals surface area contributed by atoms with Gasteiger partial charge in [-0.05, 0) is 29.6 Å². The van der Waals surface area contributed by atoms with Gasteiger partial charge in [-0.1, -0.05) is 12.1 Å². The van der Waals surface area contributed by atoms with Crippen LogP contribution in [-0.4, -0.2) is 13.5 Å². The first-order chi connectivity index (χ1) is 8.08. The highest BCUT2D eigenvalue weighted by molar-refractivity contribution is 7.89. The molecule has 1 aromatic carbocycles. The molecule has 0 amide bonds. The minimum absolute atomic E-state index is 0.0639. The lowest BCUT2D eigenvalue weighted by Crippen LogP contribution is -2.22. The predicted molar refractivity (Wildman–Crippen MR) is 66.5 cm³/mol. The summed E-state index contributed by atoms with van der Waals surface area (Å²) >= 11 is 1.49. The van der Waals surface area contributed by atoms with Crippen LogP contribution >= 0.6 is 11.3 Å². The third kappa shape index (κ3) is 3.06. The van der Waals surface area contributed by atoms with Crippen molar-refractivity contribution in [3.8, 4) is 5.75 Å². The van der Waals surface area contributed by atoms with E-state index in [1.165, 1.54) is 35.6 Å². The number of aromatic hydroxyl groups is 1. The van der Waals surface area contributed by atoms with Crippen LogP contribution in [0.15, 0.2) is 46.7 Å². The number of thiophene rings is 1. The largest absolute Gasteiger partial charge is 0.508 e. The second-order valence-corrected chi connectivity index (χ2v) is 6.20. The summed E-state index contributed by atoms with van der Waals surface area (Å²) in [6.07, 6.45) is 0. The van der Waals surface area contributed by atoms with Crippen LogP contribution in [0, 0.1) is 0 Å². The van der Waals surface area contributed by atoms with E-state index in [9.17, 15) is 13.5 Å². The van der Waals surface area contributed by atoms with Gasteiger partial charge in [0.05, 0.1) is 4.90 Å². The number of rotatable bonds is 4. The summed E-state index contributed by atoms with van der Waals surface area (Å²) in [6.45, 7) is 0.260. The molecule has 0 unspecified atom stereocenters. The second-order valence-electron chi connectivity index (χ2n) is 3.40.